The van der Waals surface area contributed by atoms with Crippen LogP contribution in [0.3, 0.4) is 0 Å². The van der Waals surface area contributed by atoms with Gasteiger partial charge in [0, 0.05) is 5.69 Å². The smallest absolute Gasteiger partial charge is 0.338 e. The zero-order valence-electron chi connectivity index (χ0n) is 15.0. The van der Waals surface area contributed by atoms with E-state index in [2.05, 4.69) is 25.8 Å². The topological polar surface area (TPSA) is 98.3 Å². The number of para-hydroxylation sites is 2. The number of carbonyl (C=O) groups is 1. The largest absolute Gasteiger partial charge is 0.495 e. The van der Waals surface area contributed by atoms with Crippen LogP contribution in [0.1, 0.15) is 17.3 Å². The molecule has 2 N–H and O–H groups in total. The van der Waals surface area contributed by atoms with Gasteiger partial charge in [0.15, 0.2) is 5.82 Å². The van der Waals surface area contributed by atoms with Gasteiger partial charge in [-0.1, -0.05) is 12.1 Å². The van der Waals surface area contributed by atoms with Gasteiger partial charge in [-0.05, 0) is 43.3 Å². The van der Waals surface area contributed by atoms with Gasteiger partial charge in [0.2, 0.25) is 5.95 Å². The van der Waals surface area contributed by atoms with Crippen LogP contribution in [0.2, 0.25) is 0 Å². The van der Waals surface area contributed by atoms with Gasteiger partial charge in [0.05, 0.1) is 31.2 Å². The van der Waals surface area contributed by atoms with Gasteiger partial charge in [-0.3, -0.25) is 0 Å². The van der Waals surface area contributed by atoms with Crippen LogP contribution < -0.4 is 15.4 Å². The van der Waals surface area contributed by atoms with Crippen molar-refractivity contribution in [1.82, 2.24) is 15.2 Å². The van der Waals surface area contributed by atoms with E-state index in [1.54, 1.807) is 38.3 Å². The average Bonchev–Trinajstić information content (AvgIpc) is 2.69. The summed E-state index contributed by atoms with van der Waals surface area (Å²) in [7, 11) is 1.60. The Labute approximate surface area is 156 Å². The molecule has 0 bridgehead atoms. The monoisotopic (exact) mass is 365 g/mol. The van der Waals surface area contributed by atoms with Crippen molar-refractivity contribution in [3.8, 4) is 5.75 Å². The van der Waals surface area contributed by atoms with Gasteiger partial charge in [0.25, 0.3) is 0 Å². The second-order valence-electron chi connectivity index (χ2n) is 5.41. The third-order valence-electron chi connectivity index (χ3n) is 3.58. The molecule has 3 rings (SSSR count). The molecule has 8 heteroatoms. The highest BCUT2D eigenvalue weighted by Crippen LogP contribution is 2.26. The van der Waals surface area contributed by atoms with Crippen LogP contribution in [-0.4, -0.2) is 34.9 Å². The minimum atomic E-state index is -0.357. The molecule has 0 unspecified atom stereocenters. The molecule has 0 saturated heterocycles. The molecule has 0 amide bonds. The second-order valence-corrected chi connectivity index (χ2v) is 5.41. The van der Waals surface area contributed by atoms with E-state index in [1.807, 2.05) is 24.3 Å². The summed E-state index contributed by atoms with van der Waals surface area (Å²) in [4.78, 5) is 16.1. The SMILES string of the molecule is CCOC(=O)c1ccc(Nc2nncc(Nc3ccccc3OC)n2)cc1. The molecule has 1 aromatic heterocycles. The molecule has 138 valence electrons. The highest BCUT2D eigenvalue weighted by molar-refractivity contribution is 5.89. The lowest BCUT2D eigenvalue weighted by Gasteiger charge is -2.11. The van der Waals surface area contributed by atoms with Gasteiger partial charge in [-0.25, -0.2) is 4.79 Å². The number of ether oxygens (including phenoxy) is 2. The van der Waals surface area contributed by atoms with Crippen LogP contribution in [0, 0.1) is 0 Å². The average molecular weight is 365 g/mol. The summed E-state index contributed by atoms with van der Waals surface area (Å²) in [5.41, 5.74) is 1.97. The number of hydrogen-bond donors (Lipinski definition) is 2. The fraction of sp³-hybridized carbons (Fsp3) is 0.158. The lowest BCUT2D eigenvalue weighted by molar-refractivity contribution is 0.0526. The Balaban J connectivity index is 1.71. The van der Waals surface area contributed by atoms with Gasteiger partial charge in [-0.15, -0.1) is 5.10 Å². The van der Waals surface area contributed by atoms with E-state index in [1.165, 1.54) is 6.20 Å². The first-order valence-electron chi connectivity index (χ1n) is 8.33. The molecule has 0 atom stereocenters. The molecule has 27 heavy (non-hydrogen) atoms. The van der Waals surface area contributed by atoms with Crippen LogP contribution in [0.5, 0.6) is 5.75 Å². The second kappa shape index (κ2) is 8.61. The van der Waals surface area contributed by atoms with Crippen molar-refractivity contribution in [2.24, 2.45) is 0 Å². The quantitative estimate of drug-likeness (QED) is 0.614. The highest BCUT2D eigenvalue weighted by Gasteiger charge is 2.08. The summed E-state index contributed by atoms with van der Waals surface area (Å²) >= 11 is 0. The van der Waals surface area contributed by atoms with Crippen LogP contribution in [0.15, 0.2) is 54.7 Å². The third kappa shape index (κ3) is 4.69. The van der Waals surface area contributed by atoms with E-state index < -0.39 is 0 Å². The Morgan fingerprint density at radius 2 is 1.85 bits per heavy atom. The predicted octanol–water partition coefficient (Wildman–Crippen LogP) is 3.54. The summed E-state index contributed by atoms with van der Waals surface area (Å²) in [5, 5.41) is 14.1. The molecule has 2 aromatic carbocycles. The zero-order chi connectivity index (χ0) is 19.1. The molecule has 0 aliphatic heterocycles. The molecule has 8 nitrogen and oxygen atoms in total. The number of anilines is 4. The summed E-state index contributed by atoms with van der Waals surface area (Å²) in [6, 6.07) is 14.3. The van der Waals surface area contributed by atoms with Crippen molar-refractivity contribution in [3.05, 3.63) is 60.3 Å². The number of nitrogens with one attached hydrogen (secondary N) is 2. The first-order chi connectivity index (χ1) is 13.2. The summed E-state index contributed by atoms with van der Waals surface area (Å²) in [6.07, 6.45) is 1.52. The molecule has 0 aliphatic rings. The van der Waals surface area contributed by atoms with Crippen LogP contribution >= 0.6 is 0 Å². The maximum absolute atomic E-state index is 11.7. The number of methoxy groups -OCH3 is 1. The number of hydrogen-bond acceptors (Lipinski definition) is 8. The Morgan fingerprint density at radius 3 is 2.59 bits per heavy atom. The molecule has 3 aromatic rings. The highest BCUT2D eigenvalue weighted by atomic mass is 16.5. The fourth-order valence-corrected chi connectivity index (χ4v) is 2.34. The maximum Gasteiger partial charge on any atom is 0.338 e. The van der Waals surface area contributed by atoms with E-state index in [4.69, 9.17) is 9.47 Å². The third-order valence-corrected chi connectivity index (χ3v) is 3.58. The van der Waals surface area contributed by atoms with E-state index in [0.717, 1.165) is 11.4 Å². The predicted molar refractivity (Wildman–Crippen MR) is 102 cm³/mol. The van der Waals surface area contributed by atoms with Crippen LogP contribution in [-0.2, 0) is 4.74 Å². The van der Waals surface area contributed by atoms with Gasteiger partial charge < -0.3 is 20.1 Å². The maximum atomic E-state index is 11.7. The molecular formula is C19H19N5O3. The number of esters is 1. The molecule has 1 heterocycles. The first-order valence-corrected chi connectivity index (χ1v) is 8.33. The van der Waals surface area contributed by atoms with Crippen molar-refractivity contribution in [3.63, 3.8) is 0 Å². The molecular weight excluding hydrogens is 346 g/mol. The van der Waals surface area contributed by atoms with Gasteiger partial charge in [0.1, 0.15) is 5.75 Å². The fourth-order valence-electron chi connectivity index (χ4n) is 2.34. The Bertz CT molecular complexity index is 915. The van der Waals surface area contributed by atoms with Gasteiger partial charge in [-0.2, -0.15) is 10.1 Å². The van der Waals surface area contributed by atoms with Crippen LogP contribution in [0.25, 0.3) is 0 Å². The lowest BCUT2D eigenvalue weighted by atomic mass is 10.2. The number of nitrogens with zero attached hydrogens (tertiary/aromatic N) is 3. The minimum Gasteiger partial charge on any atom is -0.495 e. The van der Waals surface area contributed by atoms with Crippen molar-refractivity contribution >= 4 is 29.1 Å². The Hall–Kier alpha value is -3.68. The van der Waals surface area contributed by atoms with Crippen molar-refractivity contribution < 1.29 is 14.3 Å². The van der Waals surface area contributed by atoms with Crippen molar-refractivity contribution in [2.45, 2.75) is 6.92 Å². The lowest BCUT2D eigenvalue weighted by Crippen LogP contribution is -2.05. The van der Waals surface area contributed by atoms with Gasteiger partial charge >= 0.3 is 5.97 Å². The molecule has 0 radical (unpaired) electrons. The first kappa shape index (κ1) is 18.1. The molecule has 0 fully saturated rings. The van der Waals surface area contributed by atoms with Crippen molar-refractivity contribution in [2.75, 3.05) is 24.4 Å². The Morgan fingerprint density at radius 1 is 1.07 bits per heavy atom. The Kier molecular flexibility index (Phi) is 5.78. The van der Waals surface area contributed by atoms with E-state index in [9.17, 15) is 4.79 Å². The number of rotatable bonds is 7. The van der Waals surface area contributed by atoms with E-state index in [-0.39, 0.29) is 5.97 Å². The zero-order valence-corrected chi connectivity index (χ0v) is 15.0. The molecule has 0 aliphatic carbocycles. The summed E-state index contributed by atoms with van der Waals surface area (Å²) in [5.74, 6) is 1.17. The normalized spacial score (nSPS) is 10.1. The number of aromatic nitrogens is 3. The standard InChI is InChI=1S/C19H19N5O3/c1-3-27-18(25)13-8-10-14(11-9-13)21-19-23-17(12-20-24-19)22-15-6-4-5-7-16(15)26-2/h4-12H,3H2,1-2H3,(H2,21,22,23,24). The molecule has 0 spiro atoms. The van der Waals surface area contributed by atoms with E-state index >= 15 is 0 Å². The van der Waals surface area contributed by atoms with E-state index in [0.29, 0.717) is 29.7 Å². The molecule has 0 saturated carbocycles. The van der Waals surface area contributed by atoms with Crippen LogP contribution in [0.4, 0.5) is 23.1 Å². The number of carbonyl (C=O) groups excluding carboxylic acids is 1. The minimum absolute atomic E-state index is 0.318. The summed E-state index contributed by atoms with van der Waals surface area (Å²) < 4.78 is 10.3. The number of benzene rings is 2. The van der Waals surface area contributed by atoms with Crippen molar-refractivity contribution in [1.29, 1.82) is 0 Å². The summed E-state index contributed by atoms with van der Waals surface area (Å²) in [6.45, 7) is 2.11.